The van der Waals surface area contributed by atoms with Crippen molar-refractivity contribution < 1.29 is 0 Å². The monoisotopic (exact) mass is 412 g/mol. The second-order valence-electron chi connectivity index (χ2n) is 8.17. The molecule has 0 radical (unpaired) electrons. The van der Waals surface area contributed by atoms with Crippen LogP contribution in [0.4, 0.5) is 5.69 Å². The number of fused-ring (bicyclic) bond motifs is 1. The number of nitrogens with zero attached hydrogens (tertiary/aromatic N) is 3. The van der Waals surface area contributed by atoms with Crippen molar-refractivity contribution in [2.24, 2.45) is 0 Å². The second kappa shape index (κ2) is 6.75. The summed E-state index contributed by atoms with van der Waals surface area (Å²) in [6.45, 7) is 6.60. The Bertz CT molecular complexity index is 970. The lowest BCUT2D eigenvalue weighted by Gasteiger charge is -2.41. The number of hydrogen-bond donors (Lipinski definition) is 1. The third kappa shape index (κ3) is 2.97. The first-order valence-electron chi connectivity index (χ1n) is 9.42. The summed E-state index contributed by atoms with van der Waals surface area (Å²) in [7, 11) is 4.13. The third-order valence-electron chi connectivity index (χ3n) is 5.99. The largest absolute Gasteiger partial charge is 0.365 e. The van der Waals surface area contributed by atoms with Gasteiger partial charge in [-0.1, -0.05) is 23.7 Å². The molecule has 2 aliphatic heterocycles. The Morgan fingerprint density at radius 3 is 2.64 bits per heavy atom. The van der Waals surface area contributed by atoms with Gasteiger partial charge in [0.2, 0.25) is 0 Å². The van der Waals surface area contributed by atoms with E-state index in [0.29, 0.717) is 5.11 Å². The molecule has 146 valence electrons. The Morgan fingerprint density at radius 1 is 1.21 bits per heavy atom. The highest BCUT2D eigenvalue weighted by Gasteiger charge is 2.40. The van der Waals surface area contributed by atoms with Gasteiger partial charge in [0, 0.05) is 36.6 Å². The number of likely N-dealkylation sites (N-methyl/N-ethyl adjacent to an activating group) is 2. The second-order valence-corrected chi connectivity index (χ2v) is 8.96. The van der Waals surface area contributed by atoms with E-state index in [2.05, 4.69) is 66.1 Å². The van der Waals surface area contributed by atoms with Gasteiger partial charge < -0.3 is 15.1 Å². The number of aromatic nitrogens is 1. The maximum absolute atomic E-state index is 6.85. The quantitative estimate of drug-likeness (QED) is 0.704. The summed E-state index contributed by atoms with van der Waals surface area (Å²) in [6.07, 6.45) is 4.12. The maximum atomic E-state index is 6.85. The van der Waals surface area contributed by atoms with Crippen LogP contribution < -0.4 is 10.2 Å². The predicted octanol–water partition coefficient (Wildman–Crippen LogP) is 4.97. The smallest absolute Gasteiger partial charge is 0.169 e. The van der Waals surface area contributed by atoms with E-state index in [9.17, 15) is 0 Å². The average Bonchev–Trinajstić information content (AvgIpc) is 2.95. The molecule has 1 N–H and O–H groups in total. The Balaban J connectivity index is 1.85. The predicted molar refractivity (Wildman–Crippen MR) is 121 cm³/mol. The Morgan fingerprint density at radius 2 is 1.96 bits per heavy atom. The minimum atomic E-state index is -0.0499. The fourth-order valence-electron chi connectivity index (χ4n) is 4.26. The van der Waals surface area contributed by atoms with Gasteiger partial charge in [-0.3, -0.25) is 4.98 Å². The van der Waals surface area contributed by atoms with Crippen molar-refractivity contribution >= 4 is 40.2 Å². The molecule has 1 saturated heterocycles. The summed E-state index contributed by atoms with van der Waals surface area (Å²) in [5, 5.41) is 4.88. The van der Waals surface area contributed by atoms with Crippen LogP contribution in [0.1, 0.15) is 49.7 Å². The fourth-order valence-corrected chi connectivity index (χ4v) is 4.77. The summed E-state index contributed by atoms with van der Waals surface area (Å²) in [5.74, 6) is 0. The molecule has 4 rings (SSSR count). The van der Waals surface area contributed by atoms with Crippen LogP contribution in [0, 0.1) is 0 Å². The highest BCUT2D eigenvalue weighted by Crippen LogP contribution is 2.46. The van der Waals surface area contributed by atoms with Gasteiger partial charge in [-0.05, 0) is 68.4 Å². The minimum Gasteiger partial charge on any atom is -0.365 e. The van der Waals surface area contributed by atoms with Crippen molar-refractivity contribution in [2.75, 3.05) is 19.0 Å². The topological polar surface area (TPSA) is 31.4 Å². The lowest BCUT2D eigenvalue weighted by molar-refractivity contribution is 0.368. The SMILES string of the molecule is CC1=CC(C)(C)N(C)c2cc(Cl)c([C@@H]3[C@H](c4ccccn4)NC(=S)N3C)cc21. The first kappa shape index (κ1) is 19.2. The van der Waals surface area contributed by atoms with Crippen LogP contribution >= 0.6 is 23.8 Å². The van der Waals surface area contributed by atoms with Gasteiger partial charge in [0.1, 0.15) is 0 Å². The van der Waals surface area contributed by atoms with Crippen molar-refractivity contribution in [1.29, 1.82) is 0 Å². The molecule has 1 fully saturated rings. The van der Waals surface area contributed by atoms with Gasteiger partial charge in [-0.25, -0.2) is 0 Å². The van der Waals surface area contributed by atoms with Crippen molar-refractivity contribution in [3.63, 3.8) is 0 Å². The number of rotatable bonds is 2. The molecule has 1 aromatic carbocycles. The zero-order valence-corrected chi connectivity index (χ0v) is 18.4. The van der Waals surface area contributed by atoms with Crippen molar-refractivity contribution in [1.82, 2.24) is 15.2 Å². The molecule has 2 aliphatic rings. The van der Waals surface area contributed by atoms with Crippen molar-refractivity contribution in [3.8, 4) is 0 Å². The van der Waals surface area contributed by atoms with E-state index in [0.717, 1.165) is 22.0 Å². The summed E-state index contributed by atoms with van der Waals surface area (Å²) in [6, 6.07) is 10.2. The van der Waals surface area contributed by atoms with E-state index in [-0.39, 0.29) is 17.6 Å². The molecule has 1 aromatic heterocycles. The van der Waals surface area contributed by atoms with Crippen LogP contribution in [-0.4, -0.2) is 34.6 Å². The van der Waals surface area contributed by atoms with Crippen LogP contribution in [0.2, 0.25) is 5.02 Å². The summed E-state index contributed by atoms with van der Waals surface area (Å²) >= 11 is 12.4. The molecular weight excluding hydrogens is 388 g/mol. The molecule has 0 amide bonds. The molecule has 0 aliphatic carbocycles. The number of halogens is 1. The summed E-state index contributed by atoms with van der Waals surface area (Å²) < 4.78 is 0. The molecule has 0 unspecified atom stereocenters. The van der Waals surface area contributed by atoms with Gasteiger partial charge in [-0.15, -0.1) is 0 Å². The number of pyridine rings is 1. The molecule has 28 heavy (non-hydrogen) atoms. The minimum absolute atomic E-state index is 0.0201. The van der Waals surface area contributed by atoms with E-state index in [1.165, 1.54) is 11.1 Å². The van der Waals surface area contributed by atoms with Crippen LogP contribution in [0.25, 0.3) is 5.57 Å². The molecule has 2 atom stereocenters. The lowest BCUT2D eigenvalue weighted by atomic mass is 9.86. The molecule has 6 heteroatoms. The van der Waals surface area contributed by atoms with E-state index in [4.69, 9.17) is 23.8 Å². The highest BCUT2D eigenvalue weighted by atomic mass is 35.5. The normalized spacial score (nSPS) is 23.4. The highest BCUT2D eigenvalue weighted by molar-refractivity contribution is 7.80. The van der Waals surface area contributed by atoms with E-state index in [1.54, 1.807) is 0 Å². The average molecular weight is 413 g/mol. The molecule has 4 nitrogen and oxygen atoms in total. The van der Waals surface area contributed by atoms with E-state index < -0.39 is 0 Å². The third-order valence-corrected chi connectivity index (χ3v) is 6.73. The van der Waals surface area contributed by atoms with E-state index >= 15 is 0 Å². The molecule has 2 aromatic rings. The number of thiocarbonyl (C=S) groups is 1. The molecule has 0 spiro atoms. The Kier molecular flexibility index (Phi) is 4.63. The first-order valence-corrected chi connectivity index (χ1v) is 10.2. The fraction of sp³-hybridized carbons (Fsp3) is 0.364. The first-order chi connectivity index (χ1) is 13.2. The van der Waals surface area contributed by atoms with Gasteiger partial charge in [0.05, 0.1) is 23.3 Å². The lowest BCUT2D eigenvalue weighted by Crippen LogP contribution is -2.42. The zero-order chi connectivity index (χ0) is 20.2. The number of nitrogens with one attached hydrogen (secondary N) is 1. The molecule has 0 saturated carbocycles. The van der Waals surface area contributed by atoms with Gasteiger partial charge in [0.15, 0.2) is 5.11 Å². The number of benzene rings is 1. The Hall–Kier alpha value is -2.11. The van der Waals surface area contributed by atoms with Crippen molar-refractivity contribution in [3.05, 3.63) is 64.4 Å². The standard InChI is InChI=1S/C22H25ClN4S/c1-13-12-22(2,3)27(5)18-11-16(23)15(10-14(13)18)20-19(25-21(28)26(20)4)17-8-6-7-9-24-17/h6-12,19-20H,1-5H3,(H,25,28)/t19-,20+/m0/s1. The molecular formula is C22H25ClN4S. The van der Waals surface area contributed by atoms with Crippen LogP contribution in [-0.2, 0) is 0 Å². The van der Waals surface area contributed by atoms with Crippen molar-refractivity contribution in [2.45, 2.75) is 38.4 Å². The summed E-state index contributed by atoms with van der Waals surface area (Å²) in [5.41, 5.74) is 5.61. The molecule has 3 heterocycles. The zero-order valence-electron chi connectivity index (χ0n) is 16.8. The number of allylic oxidation sites excluding steroid dienone is 1. The van der Waals surface area contributed by atoms with Crippen LogP contribution in [0.3, 0.4) is 0 Å². The van der Waals surface area contributed by atoms with Gasteiger partial charge in [-0.2, -0.15) is 0 Å². The maximum Gasteiger partial charge on any atom is 0.169 e. The number of anilines is 1. The van der Waals surface area contributed by atoms with E-state index in [1.807, 2.05) is 31.4 Å². The van der Waals surface area contributed by atoms with Crippen LogP contribution in [0.15, 0.2) is 42.6 Å². The van der Waals surface area contributed by atoms with Gasteiger partial charge in [0.25, 0.3) is 0 Å². The number of hydrogen-bond acceptors (Lipinski definition) is 3. The summed E-state index contributed by atoms with van der Waals surface area (Å²) in [4.78, 5) is 8.92. The van der Waals surface area contributed by atoms with Crippen LogP contribution in [0.5, 0.6) is 0 Å². The Labute approximate surface area is 177 Å². The van der Waals surface area contributed by atoms with Gasteiger partial charge >= 0.3 is 0 Å². The molecule has 0 bridgehead atoms.